The maximum atomic E-state index is 13.5. The lowest BCUT2D eigenvalue weighted by molar-refractivity contribution is -0.0689. The van der Waals surface area contributed by atoms with Crippen LogP contribution in [-0.2, 0) is 4.74 Å². The number of hydrogen-bond donors (Lipinski definition) is 1. The van der Waals surface area contributed by atoms with Crippen LogP contribution in [0.25, 0.3) is 5.57 Å². The Morgan fingerprint density at radius 3 is 2.10 bits per heavy atom. The molecule has 0 unspecified atom stereocenters. The molecule has 0 saturated carbocycles. The number of benzene rings is 2. The number of halogens is 5. The summed E-state index contributed by atoms with van der Waals surface area (Å²) in [6, 6.07) is 7.00. The predicted octanol–water partition coefficient (Wildman–Crippen LogP) is 5.63. The lowest BCUT2D eigenvalue weighted by Crippen LogP contribution is -2.30. The maximum Gasteiger partial charge on any atom is 0.417 e. The van der Waals surface area contributed by atoms with Gasteiger partial charge in [-0.05, 0) is 54.5 Å². The first-order valence-corrected chi connectivity index (χ1v) is 8.97. The average Bonchev–Trinajstić information content (AvgIpc) is 2.63. The van der Waals surface area contributed by atoms with E-state index in [0.29, 0.717) is 6.08 Å². The van der Waals surface area contributed by atoms with Gasteiger partial charge in [0.1, 0.15) is 0 Å². The zero-order valence-corrected chi connectivity index (χ0v) is 17.1. The molecule has 2 rings (SSSR count). The number of carbonyl (C=O) groups excluding carboxylic acids is 3. The Bertz CT molecular complexity index is 1030. The lowest BCUT2D eigenvalue weighted by Gasteiger charge is -2.13. The molecule has 158 valence electrons. The Balaban J connectivity index is 2.42. The summed E-state index contributed by atoms with van der Waals surface area (Å²) in [7, 11) is 1.08. The molecule has 0 aliphatic heterocycles. The number of aryl methyl sites for hydroxylation is 1. The monoisotopic (exact) mass is 459 g/mol. The van der Waals surface area contributed by atoms with Crippen molar-refractivity contribution in [3.05, 3.63) is 74.8 Å². The zero-order chi connectivity index (χ0) is 22.6. The third-order valence-corrected chi connectivity index (χ3v) is 4.35. The molecular weight excluding hydrogens is 446 g/mol. The van der Waals surface area contributed by atoms with Gasteiger partial charge in [0, 0.05) is 21.2 Å². The van der Waals surface area contributed by atoms with Crippen molar-refractivity contribution in [1.29, 1.82) is 0 Å². The van der Waals surface area contributed by atoms with Gasteiger partial charge in [0.15, 0.2) is 5.78 Å². The Morgan fingerprint density at radius 1 is 1.00 bits per heavy atom. The van der Waals surface area contributed by atoms with E-state index < -0.39 is 29.5 Å². The summed E-state index contributed by atoms with van der Waals surface area (Å²) in [4.78, 5) is 35.6. The SMILES string of the molecule is COC(=O)NC(=O)c1ccc(C(=O)C=C(c2cc(Cl)cc(Cl)c2)C(F)(F)F)cc1C. The lowest BCUT2D eigenvalue weighted by atomic mass is 9.98. The summed E-state index contributed by atoms with van der Waals surface area (Å²) in [6.45, 7) is 1.47. The van der Waals surface area contributed by atoms with Gasteiger partial charge in [-0.15, -0.1) is 0 Å². The molecular formula is C20H14Cl2F3NO4. The van der Waals surface area contributed by atoms with E-state index in [4.69, 9.17) is 23.2 Å². The largest absolute Gasteiger partial charge is 0.453 e. The van der Waals surface area contributed by atoms with Gasteiger partial charge in [0.2, 0.25) is 0 Å². The van der Waals surface area contributed by atoms with Gasteiger partial charge >= 0.3 is 12.3 Å². The fourth-order valence-corrected chi connectivity index (χ4v) is 3.06. The van der Waals surface area contributed by atoms with Crippen LogP contribution >= 0.6 is 23.2 Å². The molecule has 0 saturated heterocycles. The van der Waals surface area contributed by atoms with Gasteiger partial charge in [-0.1, -0.05) is 29.3 Å². The van der Waals surface area contributed by atoms with Gasteiger partial charge in [0.05, 0.1) is 12.7 Å². The molecule has 10 heteroatoms. The van der Waals surface area contributed by atoms with Crippen molar-refractivity contribution < 1.29 is 32.3 Å². The number of ether oxygens (including phenoxy) is 1. The van der Waals surface area contributed by atoms with Crippen molar-refractivity contribution in [1.82, 2.24) is 5.32 Å². The van der Waals surface area contributed by atoms with Gasteiger partial charge < -0.3 is 4.74 Å². The number of hydrogen-bond acceptors (Lipinski definition) is 4. The molecule has 2 amide bonds. The molecule has 1 N–H and O–H groups in total. The van der Waals surface area contributed by atoms with Gasteiger partial charge in [0.25, 0.3) is 5.91 Å². The van der Waals surface area contributed by atoms with E-state index in [9.17, 15) is 27.6 Å². The first kappa shape index (κ1) is 23.4. The number of rotatable bonds is 4. The van der Waals surface area contributed by atoms with E-state index in [0.717, 1.165) is 19.2 Å². The number of alkyl halides is 3. The van der Waals surface area contributed by atoms with E-state index >= 15 is 0 Å². The summed E-state index contributed by atoms with van der Waals surface area (Å²) >= 11 is 11.6. The van der Waals surface area contributed by atoms with E-state index in [2.05, 4.69) is 4.74 Å². The number of imide groups is 1. The smallest absolute Gasteiger partial charge is 0.417 e. The second-order valence-electron chi connectivity index (χ2n) is 6.05. The zero-order valence-electron chi connectivity index (χ0n) is 15.6. The van der Waals surface area contributed by atoms with Crippen LogP contribution in [0.4, 0.5) is 18.0 Å². The van der Waals surface area contributed by atoms with Crippen LogP contribution < -0.4 is 5.32 Å². The predicted molar refractivity (Wildman–Crippen MR) is 106 cm³/mol. The molecule has 2 aromatic rings. The molecule has 0 aromatic heterocycles. The number of nitrogens with one attached hydrogen (secondary N) is 1. The molecule has 0 bridgehead atoms. The van der Waals surface area contributed by atoms with E-state index in [1.54, 1.807) is 0 Å². The standard InChI is InChI=1S/C20H14Cl2F3NO4/c1-10-5-11(3-4-15(10)18(28)26-19(29)30-2)17(27)9-16(20(23,24)25)12-6-13(21)8-14(22)7-12/h3-9H,1-2H3,(H,26,28,29). The quantitative estimate of drug-likeness (QED) is 0.475. The summed E-state index contributed by atoms with van der Waals surface area (Å²) in [5.41, 5.74) is -1.34. The first-order chi connectivity index (χ1) is 13.9. The number of ketones is 1. The molecule has 5 nitrogen and oxygen atoms in total. The number of carbonyl (C=O) groups is 3. The van der Waals surface area contributed by atoms with Crippen molar-refractivity contribution in [2.24, 2.45) is 0 Å². The van der Waals surface area contributed by atoms with Crippen molar-refractivity contribution in [2.45, 2.75) is 13.1 Å². The van der Waals surface area contributed by atoms with E-state index in [1.165, 1.54) is 31.2 Å². The first-order valence-electron chi connectivity index (χ1n) is 8.22. The minimum Gasteiger partial charge on any atom is -0.453 e. The van der Waals surface area contributed by atoms with Gasteiger partial charge in [-0.2, -0.15) is 13.2 Å². The van der Waals surface area contributed by atoms with E-state index in [1.807, 2.05) is 5.32 Å². The average molecular weight is 460 g/mol. The Kier molecular flexibility index (Phi) is 7.28. The number of allylic oxidation sites excluding steroid dienone is 2. The normalized spacial score (nSPS) is 11.8. The molecule has 0 atom stereocenters. The third-order valence-electron chi connectivity index (χ3n) is 3.91. The minimum absolute atomic E-state index is 0.0167. The fourth-order valence-electron chi connectivity index (χ4n) is 2.54. The molecule has 0 radical (unpaired) electrons. The highest BCUT2D eigenvalue weighted by atomic mass is 35.5. The summed E-state index contributed by atoms with van der Waals surface area (Å²) in [5, 5.41) is 1.92. The second kappa shape index (κ2) is 9.32. The van der Waals surface area contributed by atoms with Gasteiger partial charge in [-0.3, -0.25) is 14.9 Å². The highest BCUT2D eigenvalue weighted by molar-refractivity contribution is 6.35. The molecule has 30 heavy (non-hydrogen) atoms. The minimum atomic E-state index is -4.85. The number of alkyl carbamates (subject to hydrolysis) is 1. The highest BCUT2D eigenvalue weighted by Crippen LogP contribution is 2.36. The molecule has 0 aliphatic rings. The Labute approximate surface area is 179 Å². The van der Waals surface area contributed by atoms with Gasteiger partial charge in [-0.25, -0.2) is 4.79 Å². The van der Waals surface area contributed by atoms with Crippen molar-refractivity contribution in [3.63, 3.8) is 0 Å². The van der Waals surface area contributed by atoms with Crippen LogP contribution in [0, 0.1) is 6.92 Å². The topological polar surface area (TPSA) is 72.5 Å². The van der Waals surface area contributed by atoms with E-state index in [-0.39, 0.29) is 32.3 Å². The molecule has 0 heterocycles. The number of methoxy groups -OCH3 is 1. The van der Waals surface area contributed by atoms with Crippen molar-refractivity contribution in [3.8, 4) is 0 Å². The molecule has 0 spiro atoms. The summed E-state index contributed by atoms with van der Waals surface area (Å²) in [5.74, 6) is -1.72. The van der Waals surface area contributed by atoms with Crippen LogP contribution in [0.2, 0.25) is 10.0 Å². The van der Waals surface area contributed by atoms with Crippen LogP contribution in [0.3, 0.4) is 0 Å². The molecule has 0 fully saturated rings. The van der Waals surface area contributed by atoms with Crippen LogP contribution in [0.5, 0.6) is 0 Å². The highest BCUT2D eigenvalue weighted by Gasteiger charge is 2.35. The van der Waals surface area contributed by atoms with Crippen molar-refractivity contribution in [2.75, 3.05) is 7.11 Å². The molecule has 0 aliphatic carbocycles. The maximum absolute atomic E-state index is 13.5. The fraction of sp³-hybridized carbons (Fsp3) is 0.150. The Hall–Kier alpha value is -2.84. The van der Waals surface area contributed by atoms with Crippen LogP contribution in [0.1, 0.15) is 31.8 Å². The summed E-state index contributed by atoms with van der Waals surface area (Å²) < 4.78 is 45.0. The summed E-state index contributed by atoms with van der Waals surface area (Å²) in [6.07, 6.45) is -5.39. The third kappa shape index (κ3) is 5.84. The van der Waals surface area contributed by atoms with Crippen LogP contribution in [0.15, 0.2) is 42.5 Å². The van der Waals surface area contributed by atoms with Crippen LogP contribution in [-0.4, -0.2) is 31.1 Å². The second-order valence-corrected chi connectivity index (χ2v) is 6.93. The Morgan fingerprint density at radius 2 is 1.60 bits per heavy atom. The molecule has 2 aromatic carbocycles. The van der Waals surface area contributed by atoms with Crippen molar-refractivity contribution >= 4 is 46.6 Å². The number of amides is 2.